The van der Waals surface area contributed by atoms with Crippen molar-refractivity contribution in [2.75, 3.05) is 25.0 Å². The van der Waals surface area contributed by atoms with Crippen LogP contribution >= 0.6 is 0 Å². The predicted octanol–water partition coefficient (Wildman–Crippen LogP) is 1.89. The number of aromatic nitrogens is 1. The van der Waals surface area contributed by atoms with Gasteiger partial charge in [-0.3, -0.25) is 4.79 Å². The van der Waals surface area contributed by atoms with Crippen molar-refractivity contribution in [2.24, 2.45) is 0 Å². The molecular weight excluding hydrogens is 228 g/mol. The van der Waals surface area contributed by atoms with Gasteiger partial charge < -0.3 is 10.2 Å². The van der Waals surface area contributed by atoms with E-state index in [0.717, 1.165) is 12.2 Å². The van der Waals surface area contributed by atoms with Gasteiger partial charge in [0.25, 0.3) is 5.91 Å². The number of nitrogens with one attached hydrogen (secondary N) is 1. The zero-order chi connectivity index (χ0) is 13.4. The molecule has 18 heavy (non-hydrogen) atoms. The molecule has 0 aliphatic carbocycles. The molecule has 5 heteroatoms. The molecule has 0 spiro atoms. The number of carbonyl (C=O) groups excluding carboxylic acids is 1. The molecule has 0 aliphatic heterocycles. The highest BCUT2D eigenvalue weighted by atomic mass is 16.2. The first kappa shape index (κ1) is 14.0. The van der Waals surface area contributed by atoms with E-state index in [0.29, 0.717) is 25.2 Å². The molecule has 1 N–H and O–H groups in total. The molecule has 1 heterocycles. The summed E-state index contributed by atoms with van der Waals surface area (Å²) in [5.74, 6) is -0.129. The van der Waals surface area contributed by atoms with Crippen LogP contribution in [0.3, 0.4) is 0 Å². The highest BCUT2D eigenvalue weighted by molar-refractivity contribution is 5.92. The minimum absolute atomic E-state index is 0.129. The van der Waals surface area contributed by atoms with E-state index >= 15 is 0 Å². The maximum Gasteiger partial charge on any atom is 0.272 e. The average Bonchev–Trinajstić information content (AvgIpc) is 2.40. The summed E-state index contributed by atoms with van der Waals surface area (Å²) in [7, 11) is 0. The van der Waals surface area contributed by atoms with Gasteiger partial charge >= 0.3 is 0 Å². The van der Waals surface area contributed by atoms with Crippen LogP contribution in [-0.4, -0.2) is 35.4 Å². The predicted molar refractivity (Wildman–Crippen MR) is 70.2 cm³/mol. The van der Waals surface area contributed by atoms with Crippen LogP contribution in [0, 0.1) is 11.3 Å². The highest BCUT2D eigenvalue weighted by Crippen LogP contribution is 2.08. The topological polar surface area (TPSA) is 69.0 Å². The summed E-state index contributed by atoms with van der Waals surface area (Å²) in [5.41, 5.74) is 1.31. The molecule has 0 aliphatic rings. The summed E-state index contributed by atoms with van der Waals surface area (Å²) >= 11 is 0. The molecule has 1 aromatic heterocycles. The summed E-state index contributed by atoms with van der Waals surface area (Å²) < 4.78 is 0. The minimum Gasteiger partial charge on any atom is -0.384 e. The number of hydrogen-bond donors (Lipinski definition) is 1. The number of anilines is 1. The Bertz CT molecular complexity index is 422. The number of rotatable bonds is 6. The van der Waals surface area contributed by atoms with E-state index in [1.54, 1.807) is 17.2 Å². The van der Waals surface area contributed by atoms with Gasteiger partial charge in [0.2, 0.25) is 0 Å². The Labute approximate surface area is 107 Å². The SMILES string of the molecule is CCNc1ccc(C(=O)N(CC)CCC#N)nc1. The molecule has 0 saturated carbocycles. The molecule has 0 fully saturated rings. The lowest BCUT2D eigenvalue weighted by molar-refractivity contribution is 0.0762. The molecule has 5 nitrogen and oxygen atoms in total. The molecule has 1 rings (SSSR count). The summed E-state index contributed by atoms with van der Waals surface area (Å²) in [6.45, 7) is 5.74. The Balaban J connectivity index is 2.73. The highest BCUT2D eigenvalue weighted by Gasteiger charge is 2.14. The Morgan fingerprint density at radius 1 is 1.50 bits per heavy atom. The lowest BCUT2D eigenvalue weighted by Crippen LogP contribution is -2.32. The molecule has 0 atom stereocenters. The van der Waals surface area contributed by atoms with Crippen LogP contribution in [0.4, 0.5) is 5.69 Å². The van der Waals surface area contributed by atoms with Crippen molar-refractivity contribution in [2.45, 2.75) is 20.3 Å². The molecule has 1 aromatic rings. The average molecular weight is 246 g/mol. The van der Waals surface area contributed by atoms with Gasteiger partial charge in [-0.1, -0.05) is 0 Å². The first-order valence-corrected chi connectivity index (χ1v) is 6.09. The van der Waals surface area contributed by atoms with Crippen LogP contribution in [0.15, 0.2) is 18.3 Å². The van der Waals surface area contributed by atoms with Gasteiger partial charge in [-0.25, -0.2) is 4.98 Å². The van der Waals surface area contributed by atoms with Crippen LogP contribution in [0.5, 0.6) is 0 Å². The third-order valence-electron chi connectivity index (χ3n) is 2.53. The Morgan fingerprint density at radius 3 is 2.78 bits per heavy atom. The van der Waals surface area contributed by atoms with Gasteiger partial charge in [-0.2, -0.15) is 5.26 Å². The first-order valence-electron chi connectivity index (χ1n) is 6.09. The fourth-order valence-corrected chi connectivity index (χ4v) is 1.58. The maximum atomic E-state index is 12.1. The lowest BCUT2D eigenvalue weighted by Gasteiger charge is -2.18. The number of carbonyl (C=O) groups is 1. The van der Waals surface area contributed by atoms with Gasteiger partial charge in [0.05, 0.1) is 24.4 Å². The monoisotopic (exact) mass is 246 g/mol. The van der Waals surface area contributed by atoms with E-state index in [1.807, 2.05) is 26.0 Å². The van der Waals surface area contributed by atoms with Crippen molar-refractivity contribution < 1.29 is 4.79 Å². The molecule has 96 valence electrons. The number of hydrogen-bond acceptors (Lipinski definition) is 4. The second-order valence-electron chi connectivity index (χ2n) is 3.76. The first-order chi connectivity index (χ1) is 8.72. The standard InChI is InChI=1S/C13H18N4O/c1-3-15-11-6-7-12(16-10-11)13(18)17(4-2)9-5-8-14/h6-7,10,15H,3-5,9H2,1-2H3. The van der Waals surface area contributed by atoms with Crippen molar-refractivity contribution in [3.63, 3.8) is 0 Å². The second kappa shape index (κ2) is 7.28. The summed E-state index contributed by atoms with van der Waals surface area (Å²) in [6, 6.07) is 5.58. The largest absolute Gasteiger partial charge is 0.384 e. The zero-order valence-electron chi connectivity index (χ0n) is 10.8. The normalized spacial score (nSPS) is 9.61. The quantitative estimate of drug-likeness (QED) is 0.832. The van der Waals surface area contributed by atoms with Crippen molar-refractivity contribution in [3.05, 3.63) is 24.0 Å². The Morgan fingerprint density at radius 2 is 2.28 bits per heavy atom. The molecule has 0 radical (unpaired) electrons. The van der Waals surface area contributed by atoms with E-state index < -0.39 is 0 Å². The van der Waals surface area contributed by atoms with Crippen LogP contribution in [-0.2, 0) is 0 Å². The second-order valence-corrected chi connectivity index (χ2v) is 3.76. The number of nitrogens with zero attached hydrogens (tertiary/aromatic N) is 3. The van der Waals surface area contributed by atoms with E-state index in [9.17, 15) is 4.79 Å². The van der Waals surface area contributed by atoms with E-state index in [-0.39, 0.29) is 5.91 Å². The molecule has 0 unspecified atom stereocenters. The number of pyridine rings is 1. The minimum atomic E-state index is -0.129. The third kappa shape index (κ3) is 3.74. The van der Waals surface area contributed by atoms with Gasteiger partial charge in [0, 0.05) is 19.6 Å². The molecule has 1 amide bonds. The number of amides is 1. The van der Waals surface area contributed by atoms with Crippen molar-refractivity contribution >= 4 is 11.6 Å². The van der Waals surface area contributed by atoms with Crippen LogP contribution < -0.4 is 5.32 Å². The van der Waals surface area contributed by atoms with E-state index in [2.05, 4.69) is 10.3 Å². The Hall–Kier alpha value is -2.09. The van der Waals surface area contributed by atoms with Gasteiger partial charge in [0.1, 0.15) is 5.69 Å². The fraction of sp³-hybridized carbons (Fsp3) is 0.462. The maximum absolute atomic E-state index is 12.1. The van der Waals surface area contributed by atoms with Crippen LogP contribution in [0.2, 0.25) is 0 Å². The van der Waals surface area contributed by atoms with Crippen molar-refractivity contribution in [1.82, 2.24) is 9.88 Å². The number of nitriles is 1. The van der Waals surface area contributed by atoms with E-state index in [1.165, 1.54) is 0 Å². The van der Waals surface area contributed by atoms with Crippen molar-refractivity contribution in [1.29, 1.82) is 5.26 Å². The smallest absolute Gasteiger partial charge is 0.272 e. The zero-order valence-corrected chi connectivity index (χ0v) is 10.8. The molecular formula is C13H18N4O. The lowest BCUT2D eigenvalue weighted by atomic mass is 10.3. The molecule has 0 bridgehead atoms. The molecule has 0 saturated heterocycles. The van der Waals surface area contributed by atoms with Crippen LogP contribution in [0.25, 0.3) is 0 Å². The van der Waals surface area contributed by atoms with Gasteiger partial charge in [-0.05, 0) is 26.0 Å². The van der Waals surface area contributed by atoms with Crippen LogP contribution in [0.1, 0.15) is 30.8 Å². The van der Waals surface area contributed by atoms with Crippen molar-refractivity contribution in [3.8, 4) is 6.07 Å². The molecule has 0 aromatic carbocycles. The Kier molecular flexibility index (Phi) is 5.65. The summed E-state index contributed by atoms with van der Waals surface area (Å²) in [5, 5.41) is 11.7. The van der Waals surface area contributed by atoms with Gasteiger partial charge in [-0.15, -0.1) is 0 Å². The van der Waals surface area contributed by atoms with Gasteiger partial charge in [0.15, 0.2) is 0 Å². The summed E-state index contributed by atoms with van der Waals surface area (Å²) in [4.78, 5) is 17.8. The third-order valence-corrected chi connectivity index (χ3v) is 2.53. The van der Waals surface area contributed by atoms with E-state index in [4.69, 9.17) is 5.26 Å². The fourth-order valence-electron chi connectivity index (χ4n) is 1.58. The summed E-state index contributed by atoms with van der Waals surface area (Å²) in [6.07, 6.45) is 1.99.